The number of nitrogens with two attached hydrogens (primary N) is 1. The molecule has 0 aliphatic heterocycles. The van der Waals surface area contributed by atoms with Crippen LogP contribution in [0, 0.1) is 17.8 Å². The molecule has 0 radical (unpaired) electrons. The lowest BCUT2D eigenvalue weighted by molar-refractivity contribution is -0.143. The number of rotatable bonds is 3. The molecule has 39 heavy (non-hydrogen) atoms. The molecule has 4 unspecified atom stereocenters. The largest absolute Gasteiger partial charge is 0.510 e. The Labute approximate surface area is 224 Å². The van der Waals surface area contributed by atoms with Gasteiger partial charge in [0, 0.05) is 17.4 Å². The molecule has 0 bridgehead atoms. The highest BCUT2D eigenvalue weighted by molar-refractivity contribution is 6.28. The fraction of sp³-hybridized carbons (Fsp3) is 0.481. The molecule has 12 nitrogen and oxygen atoms in total. The number of likely N-dealkylation sites (N-methyl/N-ethyl adjacent to an activating group) is 1. The van der Waals surface area contributed by atoms with Crippen molar-refractivity contribution in [3.63, 3.8) is 0 Å². The van der Waals surface area contributed by atoms with Crippen LogP contribution in [0.5, 0.6) is 5.75 Å². The Bertz CT molecular complexity index is 1350. The number of amides is 2. The van der Waals surface area contributed by atoms with E-state index in [1.165, 1.54) is 11.0 Å². The third-order valence-electron chi connectivity index (χ3n) is 7.63. The van der Waals surface area contributed by atoms with E-state index in [4.69, 9.17) is 10.5 Å². The number of nitrogens with one attached hydrogen (secondary N) is 1. The molecule has 0 saturated heterocycles. The summed E-state index contributed by atoms with van der Waals surface area (Å²) in [6.45, 7) is 6.68. The Morgan fingerprint density at radius 3 is 2.23 bits per heavy atom. The first kappa shape index (κ1) is 28.1. The number of aliphatic hydroxyl groups is 3. The summed E-state index contributed by atoms with van der Waals surface area (Å²) in [5, 5.41) is 47.2. The van der Waals surface area contributed by atoms with Crippen molar-refractivity contribution in [2.75, 3.05) is 19.4 Å². The molecule has 1 aromatic rings. The van der Waals surface area contributed by atoms with Gasteiger partial charge in [-0.15, -0.1) is 0 Å². The number of nitrogens with zero attached hydrogens (tertiary/aromatic N) is 1. The summed E-state index contributed by atoms with van der Waals surface area (Å²) in [5.41, 5.74) is 3.69. The Kier molecular flexibility index (Phi) is 6.76. The summed E-state index contributed by atoms with van der Waals surface area (Å²) in [7, 11) is 3.12. The fourth-order valence-electron chi connectivity index (χ4n) is 6.12. The van der Waals surface area contributed by atoms with Crippen LogP contribution in [0.1, 0.15) is 44.7 Å². The summed E-state index contributed by atoms with van der Waals surface area (Å²) < 4.78 is 5.22. The van der Waals surface area contributed by atoms with Crippen molar-refractivity contribution in [1.29, 1.82) is 0 Å². The van der Waals surface area contributed by atoms with Crippen LogP contribution >= 0.6 is 0 Å². The summed E-state index contributed by atoms with van der Waals surface area (Å²) >= 11 is 0. The zero-order valence-electron chi connectivity index (χ0n) is 22.5. The number of benzene rings is 1. The maximum atomic E-state index is 13.9. The summed E-state index contributed by atoms with van der Waals surface area (Å²) in [6, 6.07) is 1.87. The quantitative estimate of drug-likeness (QED) is 0.185. The minimum absolute atomic E-state index is 0.0900. The standard InChI is InChI=1S/C27H33N3O9/c1-9-10-7-8-11(29-26(38)39-27(2,3)4)19(31)13(10)21(33)15-12(9)20(32)14-16(22(15)34)23(35)17(25(28)37)24(36)18(14)30(5)6/h7-9,12,14,16,18,20,31-33,36H,1-6H3,(H2,28,37)(H,29,38)/t9-,12?,14?,16?,18-,20?/m0/s1. The normalized spacial score (nSPS) is 28.6. The van der Waals surface area contributed by atoms with E-state index < -0.39 is 87.8 Å². The SMILES string of the molecule is C[C@H]1c2ccc(NC(=O)OC(C)(C)C)c(O)c2C(O)=C2C(=O)C3C(=O)C(C(N)=O)=C(O)[C@@H](N(C)C)C3C(O)C21. The Morgan fingerprint density at radius 2 is 1.69 bits per heavy atom. The van der Waals surface area contributed by atoms with Crippen molar-refractivity contribution < 1.29 is 44.3 Å². The Morgan fingerprint density at radius 1 is 1.08 bits per heavy atom. The number of hydrogen-bond acceptors (Lipinski definition) is 10. The number of fused-ring (bicyclic) bond motifs is 3. The van der Waals surface area contributed by atoms with Crippen LogP contribution in [0.25, 0.3) is 5.76 Å². The van der Waals surface area contributed by atoms with Crippen LogP contribution in [-0.2, 0) is 19.1 Å². The van der Waals surface area contributed by atoms with Crippen LogP contribution < -0.4 is 11.1 Å². The van der Waals surface area contributed by atoms with Gasteiger partial charge in [0.05, 0.1) is 29.3 Å². The number of phenols is 1. The molecule has 7 N–H and O–H groups in total. The molecule has 1 fully saturated rings. The van der Waals surface area contributed by atoms with Gasteiger partial charge in [0.25, 0.3) is 5.91 Å². The van der Waals surface area contributed by atoms with Gasteiger partial charge in [-0.3, -0.25) is 24.6 Å². The van der Waals surface area contributed by atoms with E-state index in [-0.39, 0.29) is 16.8 Å². The number of phenolic OH excluding ortho intramolecular Hbond substituents is 1. The molecule has 12 heteroatoms. The molecule has 0 heterocycles. The minimum Gasteiger partial charge on any atom is -0.510 e. The van der Waals surface area contributed by atoms with Gasteiger partial charge < -0.3 is 30.9 Å². The summed E-state index contributed by atoms with van der Waals surface area (Å²) in [6.07, 6.45) is -2.27. The van der Waals surface area contributed by atoms with Crippen LogP contribution in [0.15, 0.2) is 29.0 Å². The van der Waals surface area contributed by atoms with Gasteiger partial charge in [0.15, 0.2) is 11.6 Å². The number of ketones is 2. The maximum absolute atomic E-state index is 13.9. The average Bonchev–Trinajstić information content (AvgIpc) is 2.78. The summed E-state index contributed by atoms with van der Waals surface area (Å²) in [4.78, 5) is 53.1. The zero-order chi connectivity index (χ0) is 29.3. The number of hydrogen-bond donors (Lipinski definition) is 6. The van der Waals surface area contributed by atoms with Gasteiger partial charge >= 0.3 is 6.09 Å². The molecule has 0 spiro atoms. The Hall–Kier alpha value is -3.90. The van der Waals surface area contributed by atoms with Crippen molar-refractivity contribution in [2.24, 2.45) is 23.5 Å². The average molecular weight is 544 g/mol. The molecule has 1 saturated carbocycles. The number of aromatic hydroxyl groups is 1. The maximum Gasteiger partial charge on any atom is 0.412 e. The smallest absolute Gasteiger partial charge is 0.412 e. The number of anilines is 1. The first-order valence-corrected chi connectivity index (χ1v) is 12.4. The van der Waals surface area contributed by atoms with Crippen molar-refractivity contribution in [2.45, 2.75) is 51.4 Å². The first-order valence-electron chi connectivity index (χ1n) is 12.4. The monoisotopic (exact) mass is 543 g/mol. The number of carbonyl (C=O) groups is 4. The van der Waals surface area contributed by atoms with Gasteiger partial charge in [-0.1, -0.05) is 13.0 Å². The molecule has 3 aliphatic carbocycles. The predicted octanol–water partition coefficient (Wildman–Crippen LogP) is 1.73. The molecule has 210 valence electrons. The highest BCUT2D eigenvalue weighted by Crippen LogP contribution is 2.55. The van der Waals surface area contributed by atoms with E-state index in [0.29, 0.717) is 5.56 Å². The highest BCUT2D eigenvalue weighted by atomic mass is 16.6. The summed E-state index contributed by atoms with van der Waals surface area (Å²) in [5.74, 6) is -9.34. The van der Waals surface area contributed by atoms with Crippen molar-refractivity contribution >= 4 is 35.0 Å². The minimum atomic E-state index is -1.61. The fourth-order valence-corrected chi connectivity index (χ4v) is 6.12. The van der Waals surface area contributed by atoms with Crippen molar-refractivity contribution in [3.8, 4) is 5.75 Å². The molecule has 3 aliphatic rings. The molecule has 6 atom stereocenters. The van der Waals surface area contributed by atoms with E-state index >= 15 is 0 Å². The predicted molar refractivity (Wildman–Crippen MR) is 139 cm³/mol. The van der Waals surface area contributed by atoms with E-state index in [0.717, 1.165) is 0 Å². The molecule has 4 rings (SSSR count). The third kappa shape index (κ3) is 4.33. The lowest BCUT2D eigenvalue weighted by Crippen LogP contribution is -2.61. The van der Waals surface area contributed by atoms with Gasteiger partial charge in [0.1, 0.15) is 28.4 Å². The number of primary amides is 1. The molecular weight excluding hydrogens is 510 g/mol. The van der Waals surface area contributed by atoms with Gasteiger partial charge in [-0.2, -0.15) is 0 Å². The number of carbonyl (C=O) groups excluding carboxylic acids is 4. The van der Waals surface area contributed by atoms with Crippen LogP contribution in [0.3, 0.4) is 0 Å². The van der Waals surface area contributed by atoms with E-state index in [1.54, 1.807) is 47.9 Å². The second-order valence-corrected chi connectivity index (χ2v) is 11.4. The second-order valence-electron chi connectivity index (χ2n) is 11.4. The van der Waals surface area contributed by atoms with E-state index in [9.17, 15) is 39.6 Å². The molecule has 1 aromatic carbocycles. The topological polar surface area (TPSA) is 200 Å². The van der Waals surface area contributed by atoms with Crippen molar-refractivity contribution in [1.82, 2.24) is 4.90 Å². The number of aliphatic hydroxyl groups excluding tert-OH is 3. The van der Waals surface area contributed by atoms with E-state index in [2.05, 4.69) is 5.32 Å². The molecule has 0 aromatic heterocycles. The first-order chi connectivity index (χ1) is 18.0. The van der Waals surface area contributed by atoms with Crippen LogP contribution in [-0.4, -0.2) is 80.7 Å². The van der Waals surface area contributed by atoms with Crippen LogP contribution in [0.2, 0.25) is 0 Å². The van der Waals surface area contributed by atoms with Gasteiger partial charge in [-0.25, -0.2) is 4.79 Å². The van der Waals surface area contributed by atoms with Gasteiger partial charge in [0.2, 0.25) is 0 Å². The molecular formula is C27H33N3O9. The number of ether oxygens (including phenoxy) is 1. The van der Waals surface area contributed by atoms with E-state index in [1.807, 2.05) is 0 Å². The van der Waals surface area contributed by atoms with Crippen LogP contribution in [0.4, 0.5) is 10.5 Å². The zero-order valence-corrected chi connectivity index (χ0v) is 22.5. The third-order valence-corrected chi connectivity index (χ3v) is 7.63. The lowest BCUT2D eigenvalue weighted by Gasteiger charge is -2.50. The van der Waals surface area contributed by atoms with Gasteiger partial charge in [-0.05, 0) is 52.4 Å². The Balaban J connectivity index is 1.87. The highest BCUT2D eigenvalue weighted by Gasteiger charge is 2.60. The second kappa shape index (κ2) is 9.38. The lowest BCUT2D eigenvalue weighted by atomic mass is 9.56. The van der Waals surface area contributed by atoms with Crippen molar-refractivity contribution in [3.05, 3.63) is 40.2 Å². The molecule has 2 amide bonds. The number of Topliss-reactive ketones (excluding diaryl/α,β-unsaturated/α-hetero) is 2.